The van der Waals surface area contributed by atoms with Crippen molar-refractivity contribution in [3.05, 3.63) is 89.5 Å². The second-order valence-electron chi connectivity index (χ2n) is 6.58. The van der Waals surface area contributed by atoms with Gasteiger partial charge in [-0.1, -0.05) is 42.0 Å². The fourth-order valence-electron chi connectivity index (χ4n) is 2.61. The van der Waals surface area contributed by atoms with E-state index in [4.69, 9.17) is 0 Å². The van der Waals surface area contributed by atoms with Crippen LogP contribution in [0.5, 0.6) is 5.75 Å². The molecule has 156 valence electrons. The molecule has 0 saturated heterocycles. The van der Waals surface area contributed by atoms with Gasteiger partial charge in [-0.15, -0.1) is 0 Å². The van der Waals surface area contributed by atoms with Crippen LogP contribution in [0.4, 0.5) is 11.4 Å². The van der Waals surface area contributed by atoms with E-state index in [1.807, 2.05) is 19.1 Å². The zero-order chi connectivity index (χ0) is 22.2. The quantitative estimate of drug-likeness (QED) is 0.290. The van der Waals surface area contributed by atoms with Gasteiger partial charge >= 0.3 is 11.8 Å². The molecule has 8 nitrogen and oxygen atoms in total. The van der Waals surface area contributed by atoms with Crippen molar-refractivity contribution in [1.29, 1.82) is 0 Å². The molecule has 0 heterocycles. The van der Waals surface area contributed by atoms with E-state index < -0.39 is 17.7 Å². The molecule has 0 bridgehead atoms. The summed E-state index contributed by atoms with van der Waals surface area (Å²) < 4.78 is 0. The van der Waals surface area contributed by atoms with Gasteiger partial charge in [0.1, 0.15) is 5.75 Å². The lowest BCUT2D eigenvalue weighted by Gasteiger charge is -2.11. The normalized spacial score (nSPS) is 10.5. The number of nitrogens with zero attached hydrogens (tertiary/aromatic N) is 1. The molecule has 0 aliphatic carbocycles. The summed E-state index contributed by atoms with van der Waals surface area (Å²) in [6.45, 7) is 1.94. The minimum absolute atomic E-state index is 0.0153. The van der Waals surface area contributed by atoms with Gasteiger partial charge in [-0.05, 0) is 43.3 Å². The van der Waals surface area contributed by atoms with E-state index in [1.165, 1.54) is 24.4 Å². The van der Waals surface area contributed by atoms with E-state index in [1.54, 1.807) is 42.5 Å². The van der Waals surface area contributed by atoms with Gasteiger partial charge in [-0.25, -0.2) is 5.43 Å². The maximum Gasteiger partial charge on any atom is 0.329 e. The summed E-state index contributed by atoms with van der Waals surface area (Å²) in [5, 5.41) is 18.5. The lowest BCUT2D eigenvalue weighted by atomic mass is 10.1. The van der Waals surface area contributed by atoms with Crippen LogP contribution >= 0.6 is 0 Å². The average molecular weight is 416 g/mol. The minimum atomic E-state index is -1.03. The Kier molecular flexibility index (Phi) is 6.74. The first-order valence-electron chi connectivity index (χ1n) is 9.33. The lowest BCUT2D eigenvalue weighted by molar-refractivity contribution is -0.136. The van der Waals surface area contributed by atoms with Crippen molar-refractivity contribution in [2.24, 2.45) is 5.10 Å². The molecule has 4 N–H and O–H groups in total. The molecule has 8 heteroatoms. The van der Waals surface area contributed by atoms with Gasteiger partial charge in [-0.3, -0.25) is 14.4 Å². The number of hydrazone groups is 1. The Morgan fingerprint density at radius 3 is 2.26 bits per heavy atom. The van der Waals surface area contributed by atoms with Gasteiger partial charge in [0.05, 0.1) is 17.5 Å². The lowest BCUT2D eigenvalue weighted by Crippen LogP contribution is -2.33. The largest absolute Gasteiger partial charge is 0.507 e. The SMILES string of the molecule is Cc1ccc(NC(=O)c2ccccc2NC(=O)C(=O)N/N=C/c2ccccc2O)cc1. The number of nitrogens with one attached hydrogen (secondary N) is 3. The number of phenolic OH excluding ortho intramolecular Hbond substituents is 1. The predicted octanol–water partition coefficient (Wildman–Crippen LogP) is 3.04. The average Bonchev–Trinajstić information content (AvgIpc) is 2.77. The number of aromatic hydroxyl groups is 1. The van der Waals surface area contributed by atoms with Gasteiger partial charge < -0.3 is 15.7 Å². The summed E-state index contributed by atoms with van der Waals surface area (Å²) >= 11 is 0. The Bertz CT molecular complexity index is 1140. The fraction of sp³-hybridized carbons (Fsp3) is 0.0435. The van der Waals surface area contributed by atoms with Crippen LogP contribution in [-0.2, 0) is 9.59 Å². The summed E-state index contributed by atoms with van der Waals surface area (Å²) in [7, 11) is 0. The van der Waals surface area contributed by atoms with Crippen LogP contribution in [0, 0.1) is 6.92 Å². The maximum absolute atomic E-state index is 12.6. The van der Waals surface area contributed by atoms with Crippen LogP contribution in [-0.4, -0.2) is 29.0 Å². The Balaban J connectivity index is 1.64. The number of amides is 3. The summed E-state index contributed by atoms with van der Waals surface area (Å²) in [4.78, 5) is 36.9. The van der Waals surface area contributed by atoms with Crippen molar-refractivity contribution < 1.29 is 19.5 Å². The molecule has 0 aliphatic heterocycles. The van der Waals surface area contributed by atoms with Gasteiger partial charge in [0, 0.05) is 11.3 Å². The van der Waals surface area contributed by atoms with Gasteiger partial charge in [0.2, 0.25) is 0 Å². The molecular weight excluding hydrogens is 396 g/mol. The van der Waals surface area contributed by atoms with Gasteiger partial charge in [0.15, 0.2) is 0 Å². The van der Waals surface area contributed by atoms with Crippen LogP contribution in [0.2, 0.25) is 0 Å². The third kappa shape index (κ3) is 5.77. The number of para-hydroxylation sites is 2. The zero-order valence-electron chi connectivity index (χ0n) is 16.6. The van der Waals surface area contributed by atoms with Crippen molar-refractivity contribution >= 4 is 35.3 Å². The number of aryl methyl sites for hydroxylation is 1. The van der Waals surface area contributed by atoms with E-state index in [9.17, 15) is 19.5 Å². The summed E-state index contributed by atoms with van der Waals surface area (Å²) in [5.74, 6) is -2.47. The van der Waals surface area contributed by atoms with Crippen molar-refractivity contribution in [2.75, 3.05) is 10.6 Å². The number of phenols is 1. The van der Waals surface area contributed by atoms with E-state index in [0.29, 0.717) is 11.3 Å². The Hall–Kier alpha value is -4.46. The van der Waals surface area contributed by atoms with Crippen LogP contribution in [0.25, 0.3) is 0 Å². The molecule has 3 amide bonds. The van der Waals surface area contributed by atoms with Crippen molar-refractivity contribution in [3.63, 3.8) is 0 Å². The number of hydrogen-bond acceptors (Lipinski definition) is 5. The van der Waals surface area contributed by atoms with E-state index in [-0.39, 0.29) is 17.0 Å². The Labute approximate surface area is 178 Å². The monoisotopic (exact) mass is 416 g/mol. The number of anilines is 2. The molecule has 0 spiro atoms. The zero-order valence-corrected chi connectivity index (χ0v) is 16.6. The van der Waals surface area contributed by atoms with Gasteiger partial charge in [0.25, 0.3) is 5.91 Å². The molecule has 0 atom stereocenters. The van der Waals surface area contributed by atoms with Crippen LogP contribution in [0.1, 0.15) is 21.5 Å². The molecule has 0 unspecified atom stereocenters. The first-order valence-corrected chi connectivity index (χ1v) is 9.33. The molecule has 31 heavy (non-hydrogen) atoms. The first kappa shape index (κ1) is 21.3. The topological polar surface area (TPSA) is 120 Å². The fourth-order valence-corrected chi connectivity index (χ4v) is 2.61. The Morgan fingerprint density at radius 1 is 0.839 bits per heavy atom. The van der Waals surface area contributed by atoms with E-state index >= 15 is 0 Å². The highest BCUT2D eigenvalue weighted by Crippen LogP contribution is 2.18. The molecule has 0 aromatic heterocycles. The molecule has 0 radical (unpaired) electrons. The molecule has 0 aliphatic rings. The molecule has 3 rings (SSSR count). The third-order valence-electron chi connectivity index (χ3n) is 4.24. The van der Waals surface area contributed by atoms with Gasteiger partial charge in [-0.2, -0.15) is 5.10 Å². The number of hydrogen-bond donors (Lipinski definition) is 4. The second kappa shape index (κ2) is 9.84. The molecule has 3 aromatic rings. The maximum atomic E-state index is 12.6. The van der Waals surface area contributed by atoms with E-state index in [0.717, 1.165) is 5.56 Å². The smallest absolute Gasteiger partial charge is 0.329 e. The van der Waals surface area contributed by atoms with Crippen molar-refractivity contribution in [3.8, 4) is 5.75 Å². The molecular formula is C23H20N4O4. The Morgan fingerprint density at radius 2 is 1.52 bits per heavy atom. The number of rotatable bonds is 5. The summed E-state index contributed by atoms with van der Waals surface area (Å²) in [6.07, 6.45) is 1.21. The number of carbonyl (C=O) groups is 3. The third-order valence-corrected chi connectivity index (χ3v) is 4.24. The van der Waals surface area contributed by atoms with Crippen molar-refractivity contribution in [2.45, 2.75) is 6.92 Å². The first-order chi connectivity index (χ1) is 14.9. The molecule has 3 aromatic carbocycles. The summed E-state index contributed by atoms with van der Waals surface area (Å²) in [5.41, 5.74) is 4.49. The predicted molar refractivity (Wildman–Crippen MR) is 118 cm³/mol. The second-order valence-corrected chi connectivity index (χ2v) is 6.58. The summed E-state index contributed by atoms with van der Waals surface area (Å²) in [6, 6.07) is 20.0. The standard InChI is InChI=1S/C23H20N4O4/c1-15-10-12-17(13-11-15)25-21(29)18-7-3-4-8-19(18)26-22(30)23(31)27-24-14-16-6-2-5-9-20(16)28/h2-14,28H,1H3,(H,25,29)(H,26,30)(H,27,31)/b24-14+. The minimum Gasteiger partial charge on any atom is -0.507 e. The van der Waals surface area contributed by atoms with Crippen LogP contribution in [0.3, 0.4) is 0 Å². The van der Waals surface area contributed by atoms with Crippen molar-refractivity contribution in [1.82, 2.24) is 5.43 Å². The molecule has 0 saturated carbocycles. The van der Waals surface area contributed by atoms with E-state index in [2.05, 4.69) is 21.2 Å². The highest BCUT2D eigenvalue weighted by atomic mass is 16.3. The van der Waals surface area contributed by atoms with Crippen LogP contribution < -0.4 is 16.1 Å². The highest BCUT2D eigenvalue weighted by Gasteiger charge is 2.17. The number of carbonyl (C=O) groups excluding carboxylic acids is 3. The molecule has 0 fully saturated rings. The number of benzene rings is 3. The highest BCUT2D eigenvalue weighted by molar-refractivity contribution is 6.40. The van der Waals surface area contributed by atoms with Crippen LogP contribution in [0.15, 0.2) is 77.9 Å².